The number of nitrogens with zero attached hydrogens (tertiary/aromatic N) is 1. The Balaban J connectivity index is 2.31. The minimum atomic E-state index is 0.487. The Morgan fingerprint density at radius 2 is 2.19 bits per heavy atom. The first kappa shape index (κ1) is 11.4. The maximum Gasteiger partial charge on any atom is 0.106 e. The van der Waals surface area contributed by atoms with Crippen LogP contribution in [0.25, 0.3) is 0 Å². The van der Waals surface area contributed by atoms with Gasteiger partial charge >= 0.3 is 0 Å². The summed E-state index contributed by atoms with van der Waals surface area (Å²) in [7, 11) is 2.13. The predicted octanol–water partition coefficient (Wildman–Crippen LogP) is 2.48. The van der Waals surface area contributed by atoms with Crippen LogP contribution in [0.4, 0.5) is 5.69 Å². The van der Waals surface area contributed by atoms with E-state index in [1.54, 1.807) is 0 Å². The van der Waals surface area contributed by atoms with Gasteiger partial charge in [-0.25, -0.2) is 0 Å². The average molecular weight is 234 g/mol. The molecule has 2 N–H and O–H groups in total. The van der Waals surface area contributed by atoms with Gasteiger partial charge in [0.1, 0.15) is 4.99 Å². The van der Waals surface area contributed by atoms with E-state index in [-0.39, 0.29) is 0 Å². The summed E-state index contributed by atoms with van der Waals surface area (Å²) in [5, 5.41) is 0. The molecule has 86 valence electrons. The smallest absolute Gasteiger partial charge is 0.106 e. The van der Waals surface area contributed by atoms with Gasteiger partial charge in [-0.15, -0.1) is 0 Å². The van der Waals surface area contributed by atoms with Crippen molar-refractivity contribution < 1.29 is 0 Å². The van der Waals surface area contributed by atoms with Crippen LogP contribution in [0.15, 0.2) is 18.2 Å². The van der Waals surface area contributed by atoms with E-state index in [0.29, 0.717) is 4.99 Å². The van der Waals surface area contributed by atoms with Crippen LogP contribution in [0.1, 0.15) is 24.0 Å². The van der Waals surface area contributed by atoms with Crippen molar-refractivity contribution in [2.75, 3.05) is 18.5 Å². The average Bonchev–Trinajstić information content (AvgIpc) is 3.00. The largest absolute Gasteiger partial charge is 0.389 e. The fourth-order valence-corrected chi connectivity index (χ4v) is 2.31. The second-order valence-electron chi connectivity index (χ2n) is 4.66. The van der Waals surface area contributed by atoms with E-state index in [1.807, 2.05) is 12.1 Å². The Morgan fingerprint density at radius 3 is 2.75 bits per heavy atom. The number of hydrogen-bond acceptors (Lipinski definition) is 2. The van der Waals surface area contributed by atoms with Crippen LogP contribution in [0.5, 0.6) is 0 Å². The Bertz CT molecular complexity index is 410. The topological polar surface area (TPSA) is 29.3 Å². The van der Waals surface area contributed by atoms with Crippen LogP contribution < -0.4 is 10.6 Å². The summed E-state index contributed by atoms with van der Waals surface area (Å²) >= 11 is 5.11. The molecule has 0 amide bonds. The molecule has 0 spiro atoms. The second kappa shape index (κ2) is 4.42. The molecule has 0 radical (unpaired) electrons. The van der Waals surface area contributed by atoms with E-state index >= 15 is 0 Å². The van der Waals surface area contributed by atoms with Crippen molar-refractivity contribution in [3.05, 3.63) is 29.3 Å². The highest BCUT2D eigenvalue weighted by Crippen LogP contribution is 2.32. The molecule has 2 nitrogen and oxygen atoms in total. The zero-order valence-corrected chi connectivity index (χ0v) is 10.7. The highest BCUT2D eigenvalue weighted by Gasteiger charge is 2.24. The molecule has 1 aromatic rings. The summed E-state index contributed by atoms with van der Waals surface area (Å²) in [6, 6.07) is 6.13. The van der Waals surface area contributed by atoms with Gasteiger partial charge in [-0.3, -0.25) is 0 Å². The van der Waals surface area contributed by atoms with Crippen molar-refractivity contribution in [2.24, 2.45) is 11.7 Å². The van der Waals surface area contributed by atoms with E-state index in [4.69, 9.17) is 18.0 Å². The van der Waals surface area contributed by atoms with Crippen molar-refractivity contribution in [3.63, 3.8) is 0 Å². The maximum atomic E-state index is 5.77. The van der Waals surface area contributed by atoms with E-state index in [1.165, 1.54) is 24.1 Å². The van der Waals surface area contributed by atoms with E-state index < -0.39 is 0 Å². The van der Waals surface area contributed by atoms with Crippen LogP contribution in [0.2, 0.25) is 0 Å². The van der Waals surface area contributed by atoms with Gasteiger partial charge in [-0.05, 0) is 37.3 Å². The number of rotatable bonds is 4. The maximum absolute atomic E-state index is 5.77. The fraction of sp³-hybridized carbons (Fsp3) is 0.462. The Labute approximate surface area is 102 Å². The molecule has 0 heterocycles. The van der Waals surface area contributed by atoms with Crippen LogP contribution >= 0.6 is 12.2 Å². The molecular formula is C13H18N2S. The van der Waals surface area contributed by atoms with Gasteiger partial charge in [0, 0.05) is 24.8 Å². The lowest BCUT2D eigenvalue weighted by atomic mass is 10.1. The number of aryl methyl sites for hydroxylation is 1. The quantitative estimate of drug-likeness (QED) is 0.812. The number of thiocarbonyl (C=S) groups is 1. The van der Waals surface area contributed by atoms with Crippen molar-refractivity contribution >= 4 is 22.9 Å². The van der Waals surface area contributed by atoms with Gasteiger partial charge in [0.2, 0.25) is 0 Å². The summed E-state index contributed by atoms with van der Waals surface area (Å²) < 4.78 is 0. The van der Waals surface area contributed by atoms with Gasteiger partial charge in [0.05, 0.1) is 0 Å². The lowest BCUT2D eigenvalue weighted by molar-refractivity contribution is 0.785. The summed E-state index contributed by atoms with van der Waals surface area (Å²) in [5.74, 6) is 0.865. The first-order chi connectivity index (χ1) is 7.59. The molecule has 16 heavy (non-hydrogen) atoms. The van der Waals surface area contributed by atoms with E-state index in [2.05, 4.69) is 24.9 Å². The van der Waals surface area contributed by atoms with Crippen molar-refractivity contribution in [1.29, 1.82) is 0 Å². The third-order valence-electron chi connectivity index (χ3n) is 3.11. The number of anilines is 1. The number of nitrogens with two attached hydrogens (primary N) is 1. The van der Waals surface area contributed by atoms with Gasteiger partial charge in [0.25, 0.3) is 0 Å². The Morgan fingerprint density at radius 1 is 1.50 bits per heavy atom. The third-order valence-corrected chi connectivity index (χ3v) is 3.33. The van der Waals surface area contributed by atoms with E-state index in [0.717, 1.165) is 18.0 Å². The third kappa shape index (κ3) is 2.35. The van der Waals surface area contributed by atoms with Crippen molar-refractivity contribution in [3.8, 4) is 0 Å². The van der Waals surface area contributed by atoms with Crippen LogP contribution in [-0.2, 0) is 0 Å². The molecule has 1 aliphatic carbocycles. The minimum absolute atomic E-state index is 0.487. The summed E-state index contributed by atoms with van der Waals surface area (Å²) in [6.07, 6.45) is 2.72. The lowest BCUT2D eigenvalue weighted by Gasteiger charge is -2.24. The molecule has 0 unspecified atom stereocenters. The number of para-hydroxylation sites is 1. The zero-order valence-electron chi connectivity index (χ0n) is 9.86. The lowest BCUT2D eigenvalue weighted by Crippen LogP contribution is -2.24. The first-order valence-electron chi connectivity index (χ1n) is 5.70. The van der Waals surface area contributed by atoms with E-state index in [9.17, 15) is 0 Å². The molecule has 0 aromatic heterocycles. The predicted molar refractivity (Wildman–Crippen MR) is 73.1 cm³/mol. The van der Waals surface area contributed by atoms with Crippen molar-refractivity contribution in [2.45, 2.75) is 19.8 Å². The van der Waals surface area contributed by atoms with Crippen LogP contribution in [0, 0.1) is 12.8 Å². The molecule has 1 saturated carbocycles. The van der Waals surface area contributed by atoms with Gasteiger partial charge < -0.3 is 10.6 Å². The molecule has 2 rings (SSSR count). The Kier molecular flexibility index (Phi) is 3.15. The first-order valence-corrected chi connectivity index (χ1v) is 6.11. The molecule has 0 atom stereocenters. The van der Waals surface area contributed by atoms with Gasteiger partial charge in [-0.2, -0.15) is 0 Å². The SMILES string of the molecule is Cc1cccc(C(N)=S)c1N(C)CC1CC1. The standard InChI is InChI=1S/C13H18N2S/c1-9-4-3-5-11(13(14)16)12(9)15(2)8-10-6-7-10/h3-5,10H,6-8H2,1-2H3,(H2,14,16). The summed E-state index contributed by atoms with van der Waals surface area (Å²) in [5.41, 5.74) is 9.21. The molecule has 0 bridgehead atoms. The second-order valence-corrected chi connectivity index (χ2v) is 5.10. The zero-order chi connectivity index (χ0) is 11.7. The highest BCUT2D eigenvalue weighted by molar-refractivity contribution is 7.80. The van der Waals surface area contributed by atoms with Gasteiger partial charge in [0.15, 0.2) is 0 Å². The molecule has 3 heteroatoms. The Hall–Kier alpha value is -1.09. The molecule has 1 aliphatic rings. The van der Waals surface area contributed by atoms with Crippen LogP contribution in [-0.4, -0.2) is 18.6 Å². The monoisotopic (exact) mass is 234 g/mol. The summed E-state index contributed by atoms with van der Waals surface area (Å²) in [4.78, 5) is 2.78. The molecular weight excluding hydrogens is 216 g/mol. The number of hydrogen-bond donors (Lipinski definition) is 1. The normalized spacial score (nSPS) is 14.9. The van der Waals surface area contributed by atoms with Crippen LogP contribution in [0.3, 0.4) is 0 Å². The molecule has 0 aliphatic heterocycles. The molecule has 1 fully saturated rings. The highest BCUT2D eigenvalue weighted by atomic mass is 32.1. The molecule has 0 saturated heterocycles. The van der Waals surface area contributed by atoms with Crippen molar-refractivity contribution in [1.82, 2.24) is 0 Å². The fourth-order valence-electron chi connectivity index (χ4n) is 2.14. The summed E-state index contributed by atoms with van der Waals surface area (Å²) in [6.45, 7) is 3.22. The number of benzene rings is 1. The molecule has 1 aromatic carbocycles. The minimum Gasteiger partial charge on any atom is -0.389 e. The van der Waals surface area contributed by atoms with Gasteiger partial charge in [-0.1, -0.05) is 24.4 Å².